The predicted molar refractivity (Wildman–Crippen MR) is 150 cm³/mol. The maximum absolute atomic E-state index is 13.8. The molecule has 2 aliphatic rings. The van der Waals surface area contributed by atoms with Crippen molar-refractivity contribution in [2.45, 2.75) is 25.3 Å². The molecule has 1 amide bonds. The molecular weight excluding hydrogens is 460 g/mol. The number of carbonyl (C=O) groups is 1. The number of fused-ring (bicyclic) bond motifs is 2. The number of amides is 1. The minimum atomic E-state index is 0.138. The van der Waals surface area contributed by atoms with E-state index in [4.69, 9.17) is 4.74 Å². The van der Waals surface area contributed by atoms with E-state index in [1.165, 1.54) is 22.2 Å². The van der Waals surface area contributed by atoms with Crippen LogP contribution in [0.2, 0.25) is 0 Å². The van der Waals surface area contributed by atoms with Gasteiger partial charge in [-0.3, -0.25) is 9.69 Å². The number of para-hydroxylation sites is 2. The van der Waals surface area contributed by atoms with Crippen LogP contribution in [0.15, 0.2) is 79.0 Å². The molecule has 4 aromatic rings. The second-order valence-corrected chi connectivity index (χ2v) is 10.1. The number of benzene rings is 3. The first-order valence-corrected chi connectivity index (χ1v) is 13.3. The third-order valence-electron chi connectivity index (χ3n) is 7.92. The molecule has 0 radical (unpaired) electrons. The van der Waals surface area contributed by atoms with E-state index >= 15 is 0 Å². The first-order chi connectivity index (χ1) is 18.2. The number of H-pyrrole nitrogens is 1. The number of hydrogen-bond acceptors (Lipinski definition) is 4. The molecule has 0 aliphatic carbocycles. The molecule has 2 aliphatic heterocycles. The molecule has 3 aromatic carbocycles. The van der Waals surface area contributed by atoms with E-state index < -0.39 is 0 Å². The molecule has 190 valence electrons. The van der Waals surface area contributed by atoms with Gasteiger partial charge >= 0.3 is 0 Å². The van der Waals surface area contributed by atoms with Gasteiger partial charge in [-0.25, -0.2) is 0 Å². The summed E-state index contributed by atoms with van der Waals surface area (Å²) in [5.74, 6) is 0.908. The number of piperazine rings is 1. The van der Waals surface area contributed by atoms with Crippen molar-refractivity contribution in [3.63, 3.8) is 0 Å². The Hall–Kier alpha value is -3.77. The lowest BCUT2D eigenvalue weighted by Gasteiger charge is -2.42. The second-order valence-electron chi connectivity index (χ2n) is 10.1. The van der Waals surface area contributed by atoms with Crippen molar-refractivity contribution in [1.29, 1.82) is 0 Å². The van der Waals surface area contributed by atoms with E-state index in [1.807, 2.05) is 36.5 Å². The molecule has 0 saturated carbocycles. The highest BCUT2D eigenvalue weighted by molar-refractivity contribution is 5.97. The largest absolute Gasteiger partial charge is 0.496 e. The first kappa shape index (κ1) is 23.6. The van der Waals surface area contributed by atoms with Crippen LogP contribution in [-0.4, -0.2) is 61.7 Å². The van der Waals surface area contributed by atoms with Crippen molar-refractivity contribution < 1.29 is 9.53 Å². The molecule has 3 heterocycles. The molecule has 37 heavy (non-hydrogen) atoms. The number of aryl methyl sites for hydroxylation is 1. The van der Waals surface area contributed by atoms with Gasteiger partial charge in [0, 0.05) is 72.8 Å². The fourth-order valence-electron chi connectivity index (χ4n) is 6.03. The van der Waals surface area contributed by atoms with Gasteiger partial charge in [-0.15, -0.1) is 0 Å². The number of carbonyl (C=O) groups excluding carboxylic acids is 1. The van der Waals surface area contributed by atoms with Crippen LogP contribution in [0.3, 0.4) is 0 Å². The molecule has 0 bridgehead atoms. The van der Waals surface area contributed by atoms with Gasteiger partial charge in [0.25, 0.3) is 0 Å². The Balaban J connectivity index is 1.18. The number of aromatic amines is 1. The molecule has 6 rings (SSSR count). The average molecular weight is 495 g/mol. The van der Waals surface area contributed by atoms with Crippen LogP contribution >= 0.6 is 0 Å². The van der Waals surface area contributed by atoms with Gasteiger partial charge in [-0.1, -0.05) is 42.5 Å². The lowest BCUT2D eigenvalue weighted by atomic mass is 9.94. The Bertz CT molecular complexity index is 1390. The molecule has 1 N–H and O–H groups in total. The van der Waals surface area contributed by atoms with E-state index in [9.17, 15) is 4.79 Å². The molecule has 1 saturated heterocycles. The minimum absolute atomic E-state index is 0.138. The fourth-order valence-corrected chi connectivity index (χ4v) is 6.03. The second kappa shape index (κ2) is 10.3. The number of hydrogen-bond donors (Lipinski definition) is 1. The number of methoxy groups -OCH3 is 1. The van der Waals surface area contributed by atoms with Crippen LogP contribution in [0, 0.1) is 0 Å². The number of nitrogens with zero attached hydrogens (tertiary/aromatic N) is 3. The summed E-state index contributed by atoms with van der Waals surface area (Å²) in [5, 5.41) is 1.29. The van der Waals surface area contributed by atoms with Crippen molar-refractivity contribution in [2.24, 2.45) is 0 Å². The quantitative estimate of drug-likeness (QED) is 0.415. The summed E-state index contributed by atoms with van der Waals surface area (Å²) < 4.78 is 5.53. The third kappa shape index (κ3) is 4.69. The summed E-state index contributed by atoms with van der Waals surface area (Å²) >= 11 is 0. The highest BCUT2D eigenvalue weighted by Crippen LogP contribution is 2.33. The molecule has 1 fully saturated rings. The van der Waals surface area contributed by atoms with Gasteiger partial charge < -0.3 is 19.5 Å². The van der Waals surface area contributed by atoms with Crippen molar-refractivity contribution >= 4 is 28.2 Å². The van der Waals surface area contributed by atoms with Crippen LogP contribution in [0.5, 0.6) is 5.75 Å². The smallest absolute Gasteiger partial charge is 0.231 e. The van der Waals surface area contributed by atoms with Crippen LogP contribution in [0.25, 0.3) is 10.9 Å². The standard InChI is InChI=1S/C31H34N4O2/c1-37-30-12-5-3-8-24(30)21-31(36)35-25(14-13-23-7-2-4-10-28(23)35)22-33-17-19-34(20-18-33)29-11-6-9-27-26(29)15-16-32-27/h2-12,15-16,25,32H,13-14,17-22H2,1H3. The lowest BCUT2D eigenvalue weighted by Crippen LogP contribution is -2.54. The Morgan fingerprint density at radius 2 is 1.70 bits per heavy atom. The summed E-state index contributed by atoms with van der Waals surface area (Å²) in [7, 11) is 1.67. The van der Waals surface area contributed by atoms with Gasteiger partial charge in [-0.05, 0) is 48.7 Å². The monoisotopic (exact) mass is 494 g/mol. The minimum Gasteiger partial charge on any atom is -0.496 e. The molecule has 1 aromatic heterocycles. The molecule has 1 atom stereocenters. The normalized spacial score (nSPS) is 18.1. The first-order valence-electron chi connectivity index (χ1n) is 13.3. The maximum atomic E-state index is 13.8. The molecule has 6 heteroatoms. The Morgan fingerprint density at radius 3 is 2.57 bits per heavy atom. The lowest BCUT2D eigenvalue weighted by molar-refractivity contribution is -0.118. The number of nitrogens with one attached hydrogen (secondary N) is 1. The number of rotatable bonds is 6. The average Bonchev–Trinajstić information content (AvgIpc) is 3.43. The van der Waals surface area contributed by atoms with E-state index in [-0.39, 0.29) is 11.9 Å². The van der Waals surface area contributed by atoms with Crippen LogP contribution in [-0.2, 0) is 17.6 Å². The molecule has 1 unspecified atom stereocenters. The van der Waals surface area contributed by atoms with Gasteiger partial charge in [-0.2, -0.15) is 0 Å². The van der Waals surface area contributed by atoms with Gasteiger partial charge in [0.2, 0.25) is 5.91 Å². The zero-order valence-electron chi connectivity index (χ0n) is 21.4. The third-order valence-corrected chi connectivity index (χ3v) is 7.92. The number of ether oxygens (including phenoxy) is 1. The van der Waals surface area contributed by atoms with E-state index in [1.54, 1.807) is 7.11 Å². The van der Waals surface area contributed by atoms with Crippen LogP contribution in [0.1, 0.15) is 17.5 Å². The van der Waals surface area contributed by atoms with Crippen LogP contribution < -0.4 is 14.5 Å². The summed E-state index contributed by atoms with van der Waals surface area (Å²) in [5.41, 5.74) is 5.75. The zero-order valence-corrected chi connectivity index (χ0v) is 21.4. The van der Waals surface area contributed by atoms with Gasteiger partial charge in [0.05, 0.1) is 13.5 Å². The van der Waals surface area contributed by atoms with Crippen molar-refractivity contribution in [1.82, 2.24) is 9.88 Å². The topological polar surface area (TPSA) is 51.8 Å². The summed E-state index contributed by atoms with van der Waals surface area (Å²) in [6.45, 7) is 4.86. The van der Waals surface area contributed by atoms with Crippen molar-refractivity contribution in [3.8, 4) is 5.75 Å². The highest BCUT2D eigenvalue weighted by atomic mass is 16.5. The maximum Gasteiger partial charge on any atom is 0.231 e. The van der Waals surface area contributed by atoms with Crippen molar-refractivity contribution in [3.05, 3.63) is 90.1 Å². The van der Waals surface area contributed by atoms with Gasteiger partial charge in [0.1, 0.15) is 5.75 Å². The highest BCUT2D eigenvalue weighted by Gasteiger charge is 2.33. The van der Waals surface area contributed by atoms with Gasteiger partial charge in [0.15, 0.2) is 0 Å². The summed E-state index contributed by atoms with van der Waals surface area (Å²) in [6.07, 6.45) is 4.34. The molecule has 0 spiro atoms. The zero-order chi connectivity index (χ0) is 25.2. The van der Waals surface area contributed by atoms with Crippen molar-refractivity contribution in [2.75, 3.05) is 49.6 Å². The Kier molecular flexibility index (Phi) is 6.58. The van der Waals surface area contributed by atoms with E-state index in [0.29, 0.717) is 6.42 Å². The SMILES string of the molecule is COc1ccccc1CC(=O)N1c2ccccc2CCC1CN1CCN(c2cccc3[nH]ccc23)CC1. The Morgan fingerprint density at radius 1 is 0.919 bits per heavy atom. The fraction of sp³-hybridized carbons (Fsp3) is 0.323. The van der Waals surface area contributed by atoms with Crippen LogP contribution in [0.4, 0.5) is 11.4 Å². The predicted octanol–water partition coefficient (Wildman–Crippen LogP) is 4.89. The summed E-state index contributed by atoms with van der Waals surface area (Å²) in [6, 6.07) is 25.0. The molecular formula is C31H34N4O2. The van der Waals surface area contributed by atoms with E-state index in [2.05, 4.69) is 62.1 Å². The molecule has 6 nitrogen and oxygen atoms in total. The Labute approximate surface area is 218 Å². The summed E-state index contributed by atoms with van der Waals surface area (Å²) in [4.78, 5) is 24.3. The van der Waals surface area contributed by atoms with E-state index in [0.717, 1.165) is 62.6 Å². The number of aromatic nitrogens is 1. The number of anilines is 2.